The quantitative estimate of drug-likeness (QED) is 0.846. The molecule has 0 spiro atoms. The first-order chi connectivity index (χ1) is 7.52. The number of nitrogens with zero attached hydrogens (tertiary/aromatic N) is 2. The highest BCUT2D eigenvalue weighted by atomic mass is 19.1. The molecule has 16 heavy (non-hydrogen) atoms. The second-order valence-corrected chi connectivity index (χ2v) is 4.41. The van der Waals surface area contributed by atoms with Gasteiger partial charge in [0, 0.05) is 7.05 Å². The van der Waals surface area contributed by atoms with Crippen LogP contribution in [0, 0.1) is 11.7 Å². The first-order valence-corrected chi connectivity index (χ1v) is 5.38. The molecule has 4 heteroatoms. The first-order valence-electron chi connectivity index (χ1n) is 5.38. The SMILES string of the molecule is CC(C)C(N)c1nc2c(F)cccc2n1C. The third kappa shape index (κ3) is 1.59. The van der Waals surface area contributed by atoms with Gasteiger partial charge in [-0.1, -0.05) is 19.9 Å². The Morgan fingerprint density at radius 1 is 1.38 bits per heavy atom. The van der Waals surface area contributed by atoms with E-state index in [0.29, 0.717) is 5.52 Å². The minimum Gasteiger partial charge on any atom is -0.330 e. The zero-order valence-electron chi connectivity index (χ0n) is 9.74. The highest BCUT2D eigenvalue weighted by Crippen LogP contribution is 2.24. The summed E-state index contributed by atoms with van der Waals surface area (Å²) in [7, 11) is 1.87. The predicted octanol–water partition coefficient (Wildman–Crippen LogP) is 2.37. The molecule has 2 rings (SSSR count). The molecule has 0 saturated carbocycles. The maximum atomic E-state index is 13.5. The fourth-order valence-electron chi connectivity index (χ4n) is 1.79. The van der Waals surface area contributed by atoms with Crippen molar-refractivity contribution in [3.8, 4) is 0 Å². The summed E-state index contributed by atoms with van der Waals surface area (Å²) in [6.07, 6.45) is 0. The van der Waals surface area contributed by atoms with Gasteiger partial charge < -0.3 is 10.3 Å². The van der Waals surface area contributed by atoms with E-state index in [1.807, 2.05) is 31.5 Å². The van der Waals surface area contributed by atoms with Crippen LogP contribution in [0.3, 0.4) is 0 Å². The summed E-state index contributed by atoms with van der Waals surface area (Å²) < 4.78 is 15.4. The number of hydrogen-bond donors (Lipinski definition) is 1. The number of para-hydroxylation sites is 1. The van der Waals surface area contributed by atoms with Crippen LogP contribution in [-0.4, -0.2) is 9.55 Å². The summed E-state index contributed by atoms with van der Waals surface area (Å²) in [5.74, 6) is 0.712. The number of aryl methyl sites for hydroxylation is 1. The van der Waals surface area contributed by atoms with Crippen molar-refractivity contribution in [2.75, 3.05) is 0 Å². The van der Waals surface area contributed by atoms with Gasteiger partial charge in [-0.3, -0.25) is 0 Å². The van der Waals surface area contributed by atoms with Crippen molar-refractivity contribution in [1.82, 2.24) is 9.55 Å². The zero-order valence-corrected chi connectivity index (χ0v) is 9.74. The fraction of sp³-hybridized carbons (Fsp3) is 0.417. The van der Waals surface area contributed by atoms with E-state index in [2.05, 4.69) is 4.98 Å². The van der Waals surface area contributed by atoms with E-state index in [-0.39, 0.29) is 17.8 Å². The molecule has 86 valence electrons. The smallest absolute Gasteiger partial charge is 0.151 e. The highest BCUT2D eigenvalue weighted by molar-refractivity contribution is 5.76. The van der Waals surface area contributed by atoms with Crippen LogP contribution in [-0.2, 0) is 7.05 Å². The number of aromatic nitrogens is 2. The number of hydrogen-bond acceptors (Lipinski definition) is 2. The van der Waals surface area contributed by atoms with E-state index < -0.39 is 0 Å². The van der Waals surface area contributed by atoms with Gasteiger partial charge in [0.2, 0.25) is 0 Å². The number of nitrogens with two attached hydrogens (primary N) is 1. The second-order valence-electron chi connectivity index (χ2n) is 4.41. The largest absolute Gasteiger partial charge is 0.330 e. The Morgan fingerprint density at radius 3 is 2.62 bits per heavy atom. The topological polar surface area (TPSA) is 43.8 Å². The molecule has 0 saturated heterocycles. The van der Waals surface area contributed by atoms with E-state index in [1.54, 1.807) is 6.07 Å². The maximum Gasteiger partial charge on any atom is 0.151 e. The van der Waals surface area contributed by atoms with Crippen molar-refractivity contribution in [3.05, 3.63) is 29.8 Å². The lowest BCUT2D eigenvalue weighted by Crippen LogP contribution is -2.20. The summed E-state index contributed by atoms with van der Waals surface area (Å²) in [6.45, 7) is 4.06. The maximum absolute atomic E-state index is 13.5. The third-order valence-electron chi connectivity index (χ3n) is 2.91. The summed E-state index contributed by atoms with van der Waals surface area (Å²) in [4.78, 5) is 4.30. The van der Waals surface area contributed by atoms with Crippen molar-refractivity contribution in [2.24, 2.45) is 18.7 Å². The van der Waals surface area contributed by atoms with Crippen LogP contribution >= 0.6 is 0 Å². The van der Waals surface area contributed by atoms with E-state index in [1.165, 1.54) is 6.07 Å². The van der Waals surface area contributed by atoms with Gasteiger partial charge >= 0.3 is 0 Å². The van der Waals surface area contributed by atoms with Crippen LogP contribution in [0.4, 0.5) is 4.39 Å². The number of halogens is 1. The second kappa shape index (κ2) is 3.87. The van der Waals surface area contributed by atoms with Crippen LogP contribution in [0.2, 0.25) is 0 Å². The minimum absolute atomic E-state index is 0.170. The van der Waals surface area contributed by atoms with Crippen LogP contribution in [0.15, 0.2) is 18.2 Å². The lowest BCUT2D eigenvalue weighted by Gasteiger charge is -2.14. The molecular formula is C12H16FN3. The molecule has 0 aliphatic heterocycles. The Labute approximate surface area is 94.1 Å². The molecule has 0 bridgehead atoms. The number of benzene rings is 1. The Kier molecular flexibility index (Phi) is 2.68. The van der Waals surface area contributed by atoms with Crippen molar-refractivity contribution in [3.63, 3.8) is 0 Å². The summed E-state index contributed by atoms with van der Waals surface area (Å²) >= 11 is 0. The number of imidazole rings is 1. The Bertz CT molecular complexity index is 516. The molecule has 1 aromatic carbocycles. The van der Waals surface area contributed by atoms with Crippen molar-refractivity contribution in [2.45, 2.75) is 19.9 Å². The van der Waals surface area contributed by atoms with E-state index in [4.69, 9.17) is 5.73 Å². The monoisotopic (exact) mass is 221 g/mol. The lowest BCUT2D eigenvalue weighted by atomic mass is 10.1. The lowest BCUT2D eigenvalue weighted by molar-refractivity contribution is 0.480. The molecule has 3 nitrogen and oxygen atoms in total. The summed E-state index contributed by atoms with van der Waals surface area (Å²) in [5.41, 5.74) is 7.23. The van der Waals surface area contributed by atoms with Gasteiger partial charge in [-0.15, -0.1) is 0 Å². The van der Waals surface area contributed by atoms with Gasteiger partial charge in [0.15, 0.2) is 5.82 Å². The van der Waals surface area contributed by atoms with Gasteiger partial charge in [0.05, 0.1) is 11.6 Å². The number of rotatable bonds is 2. The van der Waals surface area contributed by atoms with Gasteiger partial charge in [0.25, 0.3) is 0 Å². The van der Waals surface area contributed by atoms with Gasteiger partial charge in [-0.25, -0.2) is 9.37 Å². The fourth-order valence-corrected chi connectivity index (χ4v) is 1.79. The minimum atomic E-state index is -0.296. The standard InChI is InChI=1S/C12H16FN3/c1-7(2)10(14)12-15-11-8(13)5-4-6-9(11)16(12)3/h4-7,10H,14H2,1-3H3. The molecule has 2 N–H and O–H groups in total. The average molecular weight is 221 g/mol. The summed E-state index contributed by atoms with van der Waals surface area (Å²) in [5, 5.41) is 0. The summed E-state index contributed by atoms with van der Waals surface area (Å²) in [6, 6.07) is 4.78. The molecule has 0 aliphatic rings. The van der Waals surface area contributed by atoms with E-state index in [9.17, 15) is 4.39 Å². The molecule has 0 amide bonds. The highest BCUT2D eigenvalue weighted by Gasteiger charge is 2.18. The van der Waals surface area contributed by atoms with Gasteiger partial charge in [-0.05, 0) is 18.1 Å². The Hall–Kier alpha value is -1.42. The Balaban J connectivity index is 2.65. The van der Waals surface area contributed by atoms with Crippen molar-refractivity contribution in [1.29, 1.82) is 0 Å². The van der Waals surface area contributed by atoms with Gasteiger partial charge in [0.1, 0.15) is 11.3 Å². The van der Waals surface area contributed by atoms with Crippen LogP contribution in [0.1, 0.15) is 25.7 Å². The molecule has 0 radical (unpaired) electrons. The first kappa shape index (κ1) is 11.1. The van der Waals surface area contributed by atoms with Gasteiger partial charge in [-0.2, -0.15) is 0 Å². The molecule has 2 aromatic rings. The molecule has 1 atom stereocenters. The zero-order chi connectivity index (χ0) is 11.9. The van der Waals surface area contributed by atoms with Crippen LogP contribution < -0.4 is 5.73 Å². The van der Waals surface area contributed by atoms with Crippen LogP contribution in [0.5, 0.6) is 0 Å². The third-order valence-corrected chi connectivity index (χ3v) is 2.91. The molecular weight excluding hydrogens is 205 g/mol. The molecule has 1 unspecified atom stereocenters. The van der Waals surface area contributed by atoms with E-state index in [0.717, 1.165) is 11.3 Å². The average Bonchev–Trinajstić information content (AvgIpc) is 2.57. The number of fused-ring (bicyclic) bond motifs is 1. The normalized spacial score (nSPS) is 13.6. The predicted molar refractivity (Wildman–Crippen MR) is 62.4 cm³/mol. The molecule has 0 aliphatic carbocycles. The van der Waals surface area contributed by atoms with E-state index >= 15 is 0 Å². The molecule has 1 aromatic heterocycles. The molecule has 1 heterocycles. The molecule has 0 fully saturated rings. The van der Waals surface area contributed by atoms with Crippen molar-refractivity contribution >= 4 is 11.0 Å². The Morgan fingerprint density at radius 2 is 2.06 bits per heavy atom. The van der Waals surface area contributed by atoms with Crippen LogP contribution in [0.25, 0.3) is 11.0 Å². The van der Waals surface area contributed by atoms with Crippen molar-refractivity contribution < 1.29 is 4.39 Å².